The summed E-state index contributed by atoms with van der Waals surface area (Å²) in [5, 5.41) is 3.62. The number of hydrogen-bond acceptors (Lipinski definition) is 4. The molecule has 2 rings (SSSR count). The van der Waals surface area contributed by atoms with E-state index in [1.807, 2.05) is 6.07 Å². The Balaban J connectivity index is 2.02. The van der Waals surface area contributed by atoms with Crippen molar-refractivity contribution in [3.63, 3.8) is 0 Å². The van der Waals surface area contributed by atoms with Gasteiger partial charge in [-0.25, -0.2) is 9.97 Å². The molecule has 0 aliphatic heterocycles. The minimum Gasteiger partial charge on any atom is -0.393 e. The number of benzene rings is 1. The number of aryl methyl sites for hydroxylation is 1. The molecule has 20 heavy (non-hydrogen) atoms. The molecule has 4 nitrogen and oxygen atoms in total. The van der Waals surface area contributed by atoms with E-state index in [4.69, 9.17) is 17.3 Å². The van der Waals surface area contributed by atoms with Crippen molar-refractivity contribution in [2.45, 2.75) is 32.2 Å². The Kier molecular flexibility index (Phi) is 4.45. The van der Waals surface area contributed by atoms with E-state index in [0.29, 0.717) is 11.5 Å². The zero-order valence-electron chi connectivity index (χ0n) is 11.7. The predicted octanol–water partition coefficient (Wildman–Crippen LogP) is 3.54. The lowest BCUT2D eigenvalue weighted by molar-refractivity contribution is 0.516. The summed E-state index contributed by atoms with van der Waals surface area (Å²) in [5.41, 5.74) is 7.45. The number of aromatic nitrogens is 2. The Hall–Kier alpha value is -1.81. The number of nitrogens with one attached hydrogen (secondary N) is 1. The molecule has 0 saturated heterocycles. The quantitative estimate of drug-likeness (QED) is 0.827. The first-order valence-corrected chi connectivity index (χ1v) is 6.94. The van der Waals surface area contributed by atoms with E-state index in [-0.39, 0.29) is 10.7 Å². The third-order valence-electron chi connectivity index (χ3n) is 3.17. The molecule has 5 heteroatoms. The van der Waals surface area contributed by atoms with Gasteiger partial charge in [-0.15, -0.1) is 0 Å². The van der Waals surface area contributed by atoms with Crippen LogP contribution in [0.4, 0.5) is 11.5 Å². The van der Waals surface area contributed by atoms with Gasteiger partial charge in [-0.1, -0.05) is 41.9 Å². The number of nitrogens with two attached hydrogens (primary N) is 1. The number of anilines is 2. The zero-order chi connectivity index (χ0) is 14.6. The first-order chi connectivity index (χ1) is 9.48. The zero-order valence-corrected chi connectivity index (χ0v) is 12.5. The lowest BCUT2D eigenvalue weighted by Gasteiger charge is -2.27. The van der Waals surface area contributed by atoms with Crippen LogP contribution in [-0.2, 0) is 6.42 Å². The third kappa shape index (κ3) is 3.84. The summed E-state index contributed by atoms with van der Waals surface area (Å²) in [5.74, 6) is 0.586. The highest BCUT2D eigenvalue weighted by molar-refractivity contribution is 6.32. The SMILES string of the molecule is CC(C)(CCc1ccccc1)Nc1ncnc(Cl)c1N. The maximum atomic E-state index is 5.90. The highest BCUT2D eigenvalue weighted by Gasteiger charge is 2.20. The molecule has 2 aromatic rings. The summed E-state index contributed by atoms with van der Waals surface area (Å²) in [6.45, 7) is 4.23. The molecule has 0 saturated carbocycles. The molecule has 0 aliphatic rings. The summed E-state index contributed by atoms with van der Waals surface area (Å²) in [6, 6.07) is 10.4. The van der Waals surface area contributed by atoms with Crippen molar-refractivity contribution in [1.29, 1.82) is 0 Å². The molecule has 0 fully saturated rings. The van der Waals surface area contributed by atoms with Crippen LogP contribution in [0, 0.1) is 0 Å². The van der Waals surface area contributed by atoms with E-state index >= 15 is 0 Å². The van der Waals surface area contributed by atoms with Crippen molar-refractivity contribution >= 4 is 23.1 Å². The van der Waals surface area contributed by atoms with Crippen molar-refractivity contribution in [3.8, 4) is 0 Å². The van der Waals surface area contributed by atoms with Crippen LogP contribution in [0.25, 0.3) is 0 Å². The summed E-state index contributed by atoms with van der Waals surface area (Å²) < 4.78 is 0. The molecule has 0 radical (unpaired) electrons. The first kappa shape index (κ1) is 14.6. The highest BCUT2D eigenvalue weighted by atomic mass is 35.5. The van der Waals surface area contributed by atoms with Gasteiger partial charge in [-0.05, 0) is 32.3 Å². The topological polar surface area (TPSA) is 63.8 Å². The Morgan fingerprint density at radius 2 is 1.90 bits per heavy atom. The van der Waals surface area contributed by atoms with Crippen LogP contribution >= 0.6 is 11.6 Å². The van der Waals surface area contributed by atoms with E-state index in [9.17, 15) is 0 Å². The molecule has 1 heterocycles. The van der Waals surface area contributed by atoms with Gasteiger partial charge in [-0.3, -0.25) is 0 Å². The normalized spacial score (nSPS) is 11.3. The van der Waals surface area contributed by atoms with Crippen LogP contribution in [0.3, 0.4) is 0 Å². The number of hydrogen-bond donors (Lipinski definition) is 2. The number of nitrogen functional groups attached to an aromatic ring is 1. The van der Waals surface area contributed by atoms with E-state index in [1.54, 1.807) is 0 Å². The van der Waals surface area contributed by atoms with Crippen LogP contribution in [0.15, 0.2) is 36.7 Å². The van der Waals surface area contributed by atoms with Crippen molar-refractivity contribution in [2.75, 3.05) is 11.1 Å². The average Bonchev–Trinajstić information content (AvgIpc) is 2.43. The third-order valence-corrected chi connectivity index (χ3v) is 3.47. The molecule has 0 atom stereocenters. The molecule has 0 unspecified atom stereocenters. The Labute approximate surface area is 124 Å². The fourth-order valence-corrected chi connectivity index (χ4v) is 2.09. The second kappa shape index (κ2) is 6.09. The van der Waals surface area contributed by atoms with Crippen LogP contribution in [-0.4, -0.2) is 15.5 Å². The molecule has 1 aromatic heterocycles. The Morgan fingerprint density at radius 3 is 2.60 bits per heavy atom. The van der Waals surface area contributed by atoms with Crippen LogP contribution < -0.4 is 11.1 Å². The van der Waals surface area contributed by atoms with E-state index < -0.39 is 0 Å². The fourth-order valence-electron chi connectivity index (χ4n) is 1.96. The van der Waals surface area contributed by atoms with Gasteiger partial charge in [0.25, 0.3) is 0 Å². The lowest BCUT2D eigenvalue weighted by atomic mass is 9.95. The van der Waals surface area contributed by atoms with Gasteiger partial charge >= 0.3 is 0 Å². The van der Waals surface area contributed by atoms with Gasteiger partial charge in [-0.2, -0.15) is 0 Å². The molecule has 3 N–H and O–H groups in total. The summed E-state index contributed by atoms with van der Waals surface area (Å²) in [4.78, 5) is 8.00. The second-order valence-electron chi connectivity index (χ2n) is 5.42. The van der Waals surface area contributed by atoms with Gasteiger partial charge in [0.05, 0.1) is 0 Å². The predicted molar refractivity (Wildman–Crippen MR) is 83.9 cm³/mol. The van der Waals surface area contributed by atoms with Gasteiger partial charge in [0.1, 0.15) is 12.0 Å². The van der Waals surface area contributed by atoms with Gasteiger partial charge in [0.2, 0.25) is 0 Å². The van der Waals surface area contributed by atoms with Crippen molar-refractivity contribution < 1.29 is 0 Å². The largest absolute Gasteiger partial charge is 0.393 e. The highest BCUT2D eigenvalue weighted by Crippen LogP contribution is 2.26. The molecule has 0 spiro atoms. The maximum Gasteiger partial charge on any atom is 0.157 e. The first-order valence-electron chi connectivity index (χ1n) is 6.56. The minimum absolute atomic E-state index is 0.137. The van der Waals surface area contributed by atoms with Crippen molar-refractivity contribution in [3.05, 3.63) is 47.4 Å². The van der Waals surface area contributed by atoms with E-state index in [1.165, 1.54) is 11.9 Å². The Morgan fingerprint density at radius 1 is 1.20 bits per heavy atom. The molecule has 106 valence electrons. The fraction of sp³-hybridized carbons (Fsp3) is 0.333. The monoisotopic (exact) mass is 290 g/mol. The number of rotatable bonds is 5. The van der Waals surface area contributed by atoms with Crippen molar-refractivity contribution in [1.82, 2.24) is 9.97 Å². The Bertz CT molecular complexity index is 569. The van der Waals surface area contributed by atoms with Gasteiger partial charge < -0.3 is 11.1 Å². The van der Waals surface area contributed by atoms with E-state index in [0.717, 1.165) is 12.8 Å². The molecule has 0 bridgehead atoms. The maximum absolute atomic E-state index is 5.90. The standard InChI is InChI=1S/C15H19ClN4/c1-15(2,9-8-11-6-4-3-5-7-11)20-14-12(17)13(16)18-10-19-14/h3-7,10H,8-9,17H2,1-2H3,(H,18,19,20). The number of halogens is 1. The lowest BCUT2D eigenvalue weighted by Crippen LogP contribution is -2.32. The molecular formula is C15H19ClN4. The van der Waals surface area contributed by atoms with E-state index in [2.05, 4.69) is 53.4 Å². The van der Waals surface area contributed by atoms with Gasteiger partial charge in [0, 0.05) is 5.54 Å². The molecule has 0 aliphatic carbocycles. The minimum atomic E-state index is -0.137. The van der Waals surface area contributed by atoms with Gasteiger partial charge in [0.15, 0.2) is 11.0 Å². The van der Waals surface area contributed by atoms with Crippen molar-refractivity contribution in [2.24, 2.45) is 0 Å². The van der Waals surface area contributed by atoms with Crippen LogP contribution in [0.1, 0.15) is 25.8 Å². The molecule has 1 aromatic carbocycles. The number of nitrogens with zero attached hydrogens (tertiary/aromatic N) is 2. The smallest absolute Gasteiger partial charge is 0.157 e. The molecule has 0 amide bonds. The van der Waals surface area contributed by atoms with Crippen LogP contribution in [0.5, 0.6) is 0 Å². The summed E-state index contributed by atoms with van der Waals surface area (Å²) in [6.07, 6.45) is 3.35. The molecular weight excluding hydrogens is 272 g/mol. The average molecular weight is 291 g/mol. The summed E-state index contributed by atoms with van der Waals surface area (Å²) >= 11 is 5.90. The second-order valence-corrected chi connectivity index (χ2v) is 5.78. The summed E-state index contributed by atoms with van der Waals surface area (Å²) in [7, 11) is 0. The van der Waals surface area contributed by atoms with Crippen LogP contribution in [0.2, 0.25) is 5.15 Å².